The summed E-state index contributed by atoms with van der Waals surface area (Å²) < 4.78 is 5.69. The van der Waals surface area contributed by atoms with Gasteiger partial charge in [0.1, 0.15) is 0 Å². The molecule has 2 aliphatic rings. The molecule has 1 atom stereocenters. The fraction of sp³-hybridized carbons (Fsp3) is 1.00. The average Bonchev–Trinajstić information content (AvgIpc) is 2.48. The van der Waals surface area contributed by atoms with Crippen molar-refractivity contribution in [2.75, 3.05) is 6.61 Å². The van der Waals surface area contributed by atoms with Gasteiger partial charge in [-0.15, -0.1) is 0 Å². The fourth-order valence-electron chi connectivity index (χ4n) is 2.25. The molecule has 0 bridgehead atoms. The van der Waals surface area contributed by atoms with Gasteiger partial charge in [-0.05, 0) is 19.3 Å². The van der Waals surface area contributed by atoms with Gasteiger partial charge in [-0.1, -0.05) is 12.8 Å². The van der Waals surface area contributed by atoms with Crippen LogP contribution in [-0.4, -0.2) is 18.2 Å². The minimum Gasteiger partial charge on any atom is -0.373 e. The van der Waals surface area contributed by atoms with Crippen LogP contribution in [0.3, 0.4) is 0 Å². The number of hydrogen-bond acceptors (Lipinski definition) is 2. The summed E-state index contributed by atoms with van der Waals surface area (Å²) in [4.78, 5) is 0. The van der Waals surface area contributed by atoms with Gasteiger partial charge in [-0.2, -0.15) is 0 Å². The molecule has 0 amide bonds. The highest BCUT2D eigenvalue weighted by Crippen LogP contribution is 2.39. The molecule has 0 aromatic rings. The largest absolute Gasteiger partial charge is 0.373 e. The van der Waals surface area contributed by atoms with E-state index in [2.05, 4.69) is 0 Å². The van der Waals surface area contributed by atoms with Crippen LogP contribution < -0.4 is 5.73 Å². The molecule has 2 nitrogen and oxygen atoms in total. The molecule has 1 saturated carbocycles. The minimum atomic E-state index is 0.125. The number of ether oxygens (including phenoxy) is 1. The zero-order valence-corrected chi connectivity index (χ0v) is 6.31. The highest BCUT2D eigenvalue weighted by molar-refractivity contribution is 4.98. The van der Waals surface area contributed by atoms with Crippen molar-refractivity contribution in [3.8, 4) is 0 Å². The van der Waals surface area contributed by atoms with Crippen LogP contribution >= 0.6 is 0 Å². The Morgan fingerprint density at radius 1 is 1.30 bits per heavy atom. The molecule has 0 aromatic carbocycles. The fourth-order valence-corrected chi connectivity index (χ4v) is 2.25. The Hall–Kier alpha value is -0.0800. The molecular weight excluding hydrogens is 126 g/mol. The highest BCUT2D eigenvalue weighted by Gasteiger charge is 2.43. The van der Waals surface area contributed by atoms with E-state index in [1.807, 2.05) is 0 Å². The quantitative estimate of drug-likeness (QED) is 0.547. The van der Waals surface area contributed by atoms with Crippen molar-refractivity contribution < 1.29 is 4.74 Å². The van der Waals surface area contributed by atoms with Crippen molar-refractivity contribution in [3.05, 3.63) is 0 Å². The monoisotopic (exact) mass is 141 g/mol. The van der Waals surface area contributed by atoms with Crippen LogP contribution in [0.5, 0.6) is 0 Å². The first kappa shape index (κ1) is 6.62. The normalized spacial score (nSPS) is 37.5. The Bertz CT molecular complexity index is 124. The maximum Gasteiger partial charge on any atom is 0.0833 e. The molecular formula is C8H15NO. The second kappa shape index (κ2) is 2.21. The zero-order chi connectivity index (χ0) is 7.03. The molecule has 2 fully saturated rings. The van der Waals surface area contributed by atoms with E-state index in [4.69, 9.17) is 10.5 Å². The first-order chi connectivity index (χ1) is 4.83. The summed E-state index contributed by atoms with van der Waals surface area (Å²) in [5.41, 5.74) is 6.08. The Kier molecular flexibility index (Phi) is 1.46. The van der Waals surface area contributed by atoms with E-state index in [0.29, 0.717) is 6.04 Å². The SMILES string of the molecule is NC1CCOC12CCCC2. The molecule has 1 saturated heterocycles. The predicted octanol–water partition coefficient (Wildman–Crippen LogP) is 1.05. The van der Waals surface area contributed by atoms with Gasteiger partial charge in [0.25, 0.3) is 0 Å². The second-order valence-electron chi connectivity index (χ2n) is 3.52. The molecule has 1 heterocycles. The Balaban J connectivity index is 2.11. The summed E-state index contributed by atoms with van der Waals surface area (Å²) in [6.45, 7) is 0.890. The van der Waals surface area contributed by atoms with E-state index in [-0.39, 0.29) is 5.60 Å². The van der Waals surface area contributed by atoms with Gasteiger partial charge in [0.05, 0.1) is 5.60 Å². The summed E-state index contributed by atoms with van der Waals surface area (Å²) >= 11 is 0. The lowest BCUT2D eigenvalue weighted by Gasteiger charge is -2.26. The maximum atomic E-state index is 5.95. The van der Waals surface area contributed by atoms with E-state index < -0.39 is 0 Å². The molecule has 0 aromatic heterocycles. The zero-order valence-electron chi connectivity index (χ0n) is 6.31. The van der Waals surface area contributed by atoms with Gasteiger partial charge in [-0.3, -0.25) is 0 Å². The van der Waals surface area contributed by atoms with Crippen LogP contribution in [0, 0.1) is 0 Å². The topological polar surface area (TPSA) is 35.2 Å². The van der Waals surface area contributed by atoms with Gasteiger partial charge in [0.2, 0.25) is 0 Å². The standard InChI is InChI=1S/C8H15NO/c9-7-3-6-10-8(7)4-1-2-5-8/h7H,1-6,9H2. The summed E-state index contributed by atoms with van der Waals surface area (Å²) in [6, 6.07) is 0.329. The maximum absolute atomic E-state index is 5.95. The van der Waals surface area contributed by atoms with Crippen LogP contribution in [0.2, 0.25) is 0 Å². The van der Waals surface area contributed by atoms with Crippen molar-refractivity contribution in [1.82, 2.24) is 0 Å². The van der Waals surface area contributed by atoms with E-state index in [1.165, 1.54) is 25.7 Å². The van der Waals surface area contributed by atoms with Gasteiger partial charge in [0.15, 0.2) is 0 Å². The van der Waals surface area contributed by atoms with Crippen LogP contribution in [0.1, 0.15) is 32.1 Å². The van der Waals surface area contributed by atoms with Crippen LogP contribution in [0.15, 0.2) is 0 Å². The first-order valence-electron chi connectivity index (χ1n) is 4.23. The lowest BCUT2D eigenvalue weighted by molar-refractivity contribution is 0.00200. The molecule has 1 spiro atoms. The molecule has 1 unspecified atom stereocenters. The van der Waals surface area contributed by atoms with Crippen molar-refractivity contribution in [2.24, 2.45) is 5.73 Å². The van der Waals surface area contributed by atoms with E-state index in [0.717, 1.165) is 13.0 Å². The molecule has 2 heteroatoms. The molecule has 2 rings (SSSR count). The van der Waals surface area contributed by atoms with Crippen molar-refractivity contribution in [2.45, 2.75) is 43.7 Å². The lowest BCUT2D eigenvalue weighted by Crippen LogP contribution is -2.42. The third kappa shape index (κ3) is 0.789. The molecule has 0 radical (unpaired) electrons. The Morgan fingerprint density at radius 3 is 2.50 bits per heavy atom. The number of rotatable bonds is 0. The molecule has 2 N–H and O–H groups in total. The summed E-state index contributed by atoms with van der Waals surface area (Å²) in [7, 11) is 0. The van der Waals surface area contributed by atoms with Crippen molar-refractivity contribution in [3.63, 3.8) is 0 Å². The molecule has 1 aliphatic carbocycles. The predicted molar refractivity (Wildman–Crippen MR) is 39.7 cm³/mol. The van der Waals surface area contributed by atoms with Crippen LogP contribution in [0.4, 0.5) is 0 Å². The summed E-state index contributed by atoms with van der Waals surface area (Å²) in [5.74, 6) is 0. The van der Waals surface area contributed by atoms with E-state index in [9.17, 15) is 0 Å². The van der Waals surface area contributed by atoms with Gasteiger partial charge in [-0.25, -0.2) is 0 Å². The second-order valence-corrected chi connectivity index (χ2v) is 3.52. The van der Waals surface area contributed by atoms with Gasteiger partial charge >= 0.3 is 0 Å². The van der Waals surface area contributed by atoms with Gasteiger partial charge in [0, 0.05) is 12.6 Å². The van der Waals surface area contributed by atoms with Gasteiger partial charge < -0.3 is 10.5 Å². The summed E-state index contributed by atoms with van der Waals surface area (Å²) in [5, 5.41) is 0. The van der Waals surface area contributed by atoms with E-state index >= 15 is 0 Å². The molecule has 10 heavy (non-hydrogen) atoms. The number of hydrogen-bond donors (Lipinski definition) is 1. The summed E-state index contributed by atoms with van der Waals surface area (Å²) in [6.07, 6.45) is 6.10. The van der Waals surface area contributed by atoms with E-state index in [1.54, 1.807) is 0 Å². The molecule has 58 valence electrons. The number of nitrogens with two attached hydrogens (primary N) is 1. The minimum absolute atomic E-state index is 0.125. The Labute approximate surface area is 61.7 Å². The van der Waals surface area contributed by atoms with Crippen molar-refractivity contribution >= 4 is 0 Å². The van der Waals surface area contributed by atoms with Crippen LogP contribution in [0.25, 0.3) is 0 Å². The Morgan fingerprint density at radius 2 is 2.00 bits per heavy atom. The third-order valence-electron chi connectivity index (χ3n) is 2.94. The molecule has 1 aliphatic heterocycles. The highest BCUT2D eigenvalue weighted by atomic mass is 16.5. The lowest BCUT2D eigenvalue weighted by atomic mass is 9.94. The smallest absolute Gasteiger partial charge is 0.0833 e. The average molecular weight is 141 g/mol. The first-order valence-corrected chi connectivity index (χ1v) is 4.23. The van der Waals surface area contributed by atoms with Crippen molar-refractivity contribution in [1.29, 1.82) is 0 Å². The third-order valence-corrected chi connectivity index (χ3v) is 2.94. The van der Waals surface area contributed by atoms with Crippen LogP contribution in [-0.2, 0) is 4.74 Å².